The van der Waals surface area contributed by atoms with E-state index in [1.165, 1.54) is 18.9 Å². The highest BCUT2D eigenvalue weighted by molar-refractivity contribution is 7.90. The molecule has 2 aliphatic rings. The fourth-order valence-electron chi connectivity index (χ4n) is 4.18. The third-order valence-electron chi connectivity index (χ3n) is 6.81. The molecule has 0 bridgehead atoms. The number of carbonyl (C=O) groups excluding carboxylic acids is 1. The minimum Gasteiger partial charge on any atom is -0.359 e. The molecule has 1 unspecified atom stereocenters. The van der Waals surface area contributed by atoms with Crippen molar-refractivity contribution in [3.8, 4) is 0 Å². The second-order valence-electron chi connectivity index (χ2n) is 9.46. The van der Waals surface area contributed by atoms with E-state index in [1.807, 2.05) is 11.9 Å². The van der Waals surface area contributed by atoms with Crippen molar-refractivity contribution in [2.75, 3.05) is 29.9 Å². The summed E-state index contributed by atoms with van der Waals surface area (Å²) >= 11 is 0. The van der Waals surface area contributed by atoms with Crippen LogP contribution in [0.15, 0.2) is 41.6 Å². The summed E-state index contributed by atoms with van der Waals surface area (Å²) in [5.41, 5.74) is 0.0462. The highest BCUT2D eigenvalue weighted by Gasteiger charge is 2.40. The maximum atomic E-state index is 13.1. The average molecular weight is 458 g/mol. The number of anilines is 2. The highest BCUT2D eigenvalue weighted by atomic mass is 32.2. The summed E-state index contributed by atoms with van der Waals surface area (Å²) in [5, 5.41) is -0.174. The predicted molar refractivity (Wildman–Crippen MR) is 124 cm³/mol. The van der Waals surface area contributed by atoms with Crippen LogP contribution in [0.2, 0.25) is 0 Å². The lowest BCUT2D eigenvalue weighted by Gasteiger charge is -2.36. The van der Waals surface area contributed by atoms with Gasteiger partial charge in [0.1, 0.15) is 11.6 Å². The number of rotatable bonds is 7. The van der Waals surface area contributed by atoms with Crippen LogP contribution in [0.3, 0.4) is 0 Å². The van der Waals surface area contributed by atoms with Crippen molar-refractivity contribution in [3.63, 3.8) is 0 Å². The van der Waals surface area contributed by atoms with Crippen molar-refractivity contribution in [1.29, 1.82) is 0 Å². The van der Waals surface area contributed by atoms with Crippen LogP contribution < -0.4 is 14.5 Å². The van der Waals surface area contributed by atoms with E-state index in [0.717, 1.165) is 19.5 Å². The third-order valence-corrected chi connectivity index (χ3v) is 8.04. The minimum atomic E-state index is -4.14. The van der Waals surface area contributed by atoms with Gasteiger partial charge in [0.05, 0.1) is 5.56 Å². The molecule has 3 heterocycles. The van der Waals surface area contributed by atoms with Crippen LogP contribution >= 0.6 is 0 Å². The first kappa shape index (κ1) is 22.5. The zero-order chi connectivity index (χ0) is 23.1. The largest absolute Gasteiger partial charge is 0.359 e. The molecule has 1 saturated heterocycles. The number of nitrogens with zero attached hydrogens (tertiary/aromatic N) is 4. The van der Waals surface area contributed by atoms with Gasteiger partial charge in [-0.05, 0) is 69.2 Å². The van der Waals surface area contributed by atoms with Crippen molar-refractivity contribution in [3.05, 3.63) is 42.1 Å². The van der Waals surface area contributed by atoms with E-state index in [9.17, 15) is 13.2 Å². The summed E-state index contributed by atoms with van der Waals surface area (Å²) in [5.74, 6) is 1.43. The summed E-state index contributed by atoms with van der Waals surface area (Å²) in [6, 6.07) is 8.08. The van der Waals surface area contributed by atoms with Crippen LogP contribution in [0.1, 0.15) is 50.4 Å². The molecule has 9 heteroatoms. The first-order valence-corrected chi connectivity index (χ1v) is 12.6. The number of aromatic nitrogens is 2. The van der Waals surface area contributed by atoms with Crippen LogP contribution in [-0.2, 0) is 10.0 Å². The molecule has 0 aromatic carbocycles. The van der Waals surface area contributed by atoms with E-state index in [-0.39, 0.29) is 16.1 Å². The molecule has 1 atom stereocenters. The van der Waals surface area contributed by atoms with Gasteiger partial charge < -0.3 is 9.80 Å². The topological polar surface area (TPSA) is 95.5 Å². The van der Waals surface area contributed by atoms with Crippen LogP contribution in [0, 0.1) is 11.8 Å². The van der Waals surface area contributed by atoms with E-state index in [1.54, 1.807) is 30.5 Å². The number of hydrogen-bond acceptors (Lipinski definition) is 7. The molecule has 8 nitrogen and oxygen atoms in total. The number of carbonyl (C=O) groups is 1. The van der Waals surface area contributed by atoms with Crippen molar-refractivity contribution < 1.29 is 13.2 Å². The Bertz CT molecular complexity index is 1110. The minimum absolute atomic E-state index is 0.174. The quantitative estimate of drug-likeness (QED) is 0.683. The molecule has 1 aliphatic carbocycles. The van der Waals surface area contributed by atoms with Gasteiger partial charge in [-0.1, -0.05) is 13.0 Å². The van der Waals surface area contributed by atoms with E-state index >= 15 is 0 Å². The van der Waals surface area contributed by atoms with Gasteiger partial charge in [-0.3, -0.25) is 4.79 Å². The zero-order valence-corrected chi connectivity index (χ0v) is 19.9. The maximum Gasteiger partial charge on any atom is 0.281 e. The molecule has 1 aliphatic heterocycles. The highest BCUT2D eigenvalue weighted by Crippen LogP contribution is 2.38. The molecule has 4 rings (SSSR count). The van der Waals surface area contributed by atoms with Crippen LogP contribution in [0.4, 0.5) is 11.6 Å². The average Bonchev–Trinajstić information content (AvgIpc) is 3.53. The molecular weight excluding hydrogens is 426 g/mol. The predicted octanol–water partition coefficient (Wildman–Crippen LogP) is 3.07. The number of pyridine rings is 2. The molecule has 1 amide bonds. The van der Waals surface area contributed by atoms with E-state index in [4.69, 9.17) is 0 Å². The van der Waals surface area contributed by atoms with Gasteiger partial charge >= 0.3 is 0 Å². The lowest BCUT2D eigenvalue weighted by atomic mass is 9.90. The lowest BCUT2D eigenvalue weighted by Crippen LogP contribution is -2.43. The van der Waals surface area contributed by atoms with Gasteiger partial charge in [0.15, 0.2) is 5.03 Å². The Hall–Kier alpha value is -2.68. The number of amides is 1. The van der Waals surface area contributed by atoms with Gasteiger partial charge in [0.25, 0.3) is 15.9 Å². The monoisotopic (exact) mass is 457 g/mol. The maximum absolute atomic E-state index is 13.1. The van der Waals surface area contributed by atoms with Gasteiger partial charge in [-0.15, -0.1) is 0 Å². The lowest BCUT2D eigenvalue weighted by molar-refractivity contribution is 0.0981. The van der Waals surface area contributed by atoms with Crippen molar-refractivity contribution in [1.82, 2.24) is 14.7 Å². The Morgan fingerprint density at radius 3 is 2.62 bits per heavy atom. The van der Waals surface area contributed by atoms with E-state index < -0.39 is 15.9 Å². The Kier molecular flexibility index (Phi) is 5.87. The molecule has 172 valence electrons. The molecule has 0 radical (unpaired) electrons. The van der Waals surface area contributed by atoms with Gasteiger partial charge in [-0.25, -0.2) is 14.7 Å². The smallest absolute Gasteiger partial charge is 0.281 e. The summed E-state index contributed by atoms with van der Waals surface area (Å²) in [6.45, 7) is 8.00. The zero-order valence-electron chi connectivity index (χ0n) is 19.1. The molecule has 2 aromatic rings. The number of sulfonamides is 1. The summed E-state index contributed by atoms with van der Waals surface area (Å²) in [6.07, 6.45) is 4.99. The van der Waals surface area contributed by atoms with Crippen LogP contribution in [-0.4, -0.2) is 50.0 Å². The van der Waals surface area contributed by atoms with Crippen molar-refractivity contribution in [2.24, 2.45) is 11.8 Å². The standard InChI is InChI=1S/C23H31N5O3S/c1-16-12-14-28(23(16,2)3)21-18(7-6-13-24-21)22(29)26-32(30,31)20-9-5-8-19(25-20)27(4)15-17-10-11-17/h5-9,13,16-17H,10-12,14-15H2,1-4H3,(H,26,29). The molecule has 2 fully saturated rings. The van der Waals surface area contributed by atoms with E-state index in [0.29, 0.717) is 23.5 Å². The van der Waals surface area contributed by atoms with E-state index in [2.05, 4.69) is 40.4 Å². The Morgan fingerprint density at radius 1 is 1.22 bits per heavy atom. The second-order valence-corrected chi connectivity index (χ2v) is 11.1. The first-order valence-electron chi connectivity index (χ1n) is 11.1. The number of hydrogen-bond donors (Lipinski definition) is 1. The van der Waals surface area contributed by atoms with Crippen LogP contribution in [0.25, 0.3) is 0 Å². The fourth-order valence-corrected chi connectivity index (χ4v) is 5.11. The normalized spacial score (nSPS) is 20.2. The van der Waals surface area contributed by atoms with Gasteiger partial charge in [0, 0.05) is 31.9 Å². The Balaban J connectivity index is 1.57. The van der Waals surface area contributed by atoms with Crippen LogP contribution in [0.5, 0.6) is 0 Å². The summed E-state index contributed by atoms with van der Waals surface area (Å²) in [7, 11) is -2.24. The molecule has 1 saturated carbocycles. The molecule has 0 spiro atoms. The van der Waals surface area contributed by atoms with Gasteiger partial charge in [-0.2, -0.15) is 8.42 Å². The summed E-state index contributed by atoms with van der Waals surface area (Å²) in [4.78, 5) is 25.9. The van der Waals surface area contributed by atoms with Crippen molar-refractivity contribution in [2.45, 2.75) is 50.6 Å². The molecule has 32 heavy (non-hydrogen) atoms. The molecule has 1 N–H and O–H groups in total. The number of nitrogens with one attached hydrogen (secondary N) is 1. The van der Waals surface area contributed by atoms with Gasteiger partial charge in [0.2, 0.25) is 0 Å². The SMILES string of the molecule is CC1CCN(c2ncccc2C(=O)NS(=O)(=O)c2cccc(N(C)CC3CC3)n2)C1(C)C. The fraction of sp³-hybridized carbons (Fsp3) is 0.522. The molecular formula is C23H31N5O3S. The molecule has 2 aromatic heterocycles. The Labute approximate surface area is 190 Å². The first-order chi connectivity index (χ1) is 15.1. The Morgan fingerprint density at radius 2 is 1.97 bits per heavy atom. The second kappa shape index (κ2) is 8.35. The third kappa shape index (κ3) is 4.44. The summed E-state index contributed by atoms with van der Waals surface area (Å²) < 4.78 is 28.2. The van der Waals surface area contributed by atoms with Crippen molar-refractivity contribution >= 4 is 27.6 Å².